The minimum Gasteiger partial charge on any atom is -0.496 e. The molecule has 3 rings (SSSR count). The van der Waals surface area contributed by atoms with Crippen molar-refractivity contribution in [3.05, 3.63) is 26.6 Å². The third-order valence-corrected chi connectivity index (χ3v) is 5.95. The number of benzene rings is 1. The number of aliphatic hydroxyl groups is 1. The number of aliphatic hydroxyl groups excluding tert-OH is 1. The van der Waals surface area contributed by atoms with Crippen LogP contribution in [-0.2, 0) is 9.59 Å². The Kier molecular flexibility index (Phi) is 4.18. The molecule has 1 aromatic rings. The fourth-order valence-corrected chi connectivity index (χ4v) is 4.89. The molecule has 2 fully saturated rings. The second kappa shape index (κ2) is 5.75. The van der Waals surface area contributed by atoms with Crippen LogP contribution >= 0.6 is 31.9 Å². The van der Waals surface area contributed by atoms with E-state index in [2.05, 4.69) is 37.2 Å². The molecule has 0 unspecified atom stereocenters. The summed E-state index contributed by atoms with van der Waals surface area (Å²) >= 11 is 6.90. The van der Waals surface area contributed by atoms with Crippen molar-refractivity contribution in [3.63, 3.8) is 0 Å². The second-order valence-corrected chi connectivity index (χ2v) is 7.54. The molecule has 0 aromatic heterocycles. The molecule has 0 bridgehead atoms. The molecule has 2 heterocycles. The van der Waals surface area contributed by atoms with Crippen LogP contribution in [0.1, 0.15) is 24.3 Å². The Morgan fingerprint density at radius 3 is 2.61 bits per heavy atom. The summed E-state index contributed by atoms with van der Waals surface area (Å²) in [6, 6.07) is 3.59. The average molecular weight is 448 g/mol. The van der Waals surface area contributed by atoms with Crippen molar-refractivity contribution in [2.75, 3.05) is 14.2 Å². The second-order valence-electron chi connectivity index (χ2n) is 5.84. The monoisotopic (exact) mass is 446 g/mol. The van der Waals surface area contributed by atoms with Crippen molar-refractivity contribution in [1.29, 1.82) is 0 Å². The summed E-state index contributed by atoms with van der Waals surface area (Å²) in [6.45, 7) is 0. The van der Waals surface area contributed by atoms with Gasteiger partial charge >= 0.3 is 0 Å². The van der Waals surface area contributed by atoms with Crippen molar-refractivity contribution in [2.45, 2.75) is 30.5 Å². The smallest absolute Gasteiger partial charge is 0.250 e. The van der Waals surface area contributed by atoms with Gasteiger partial charge in [-0.2, -0.15) is 0 Å². The molecule has 2 aliphatic heterocycles. The molecule has 2 saturated heterocycles. The predicted molar refractivity (Wildman–Crippen MR) is 90.0 cm³/mol. The van der Waals surface area contributed by atoms with Crippen molar-refractivity contribution < 1.29 is 19.4 Å². The Hall–Kier alpha value is -1.12. The molecule has 2 N–H and O–H groups in total. The first-order chi connectivity index (χ1) is 10.8. The van der Waals surface area contributed by atoms with Crippen molar-refractivity contribution in [1.82, 2.24) is 10.2 Å². The quantitative estimate of drug-likeness (QED) is 0.723. The first-order valence-electron chi connectivity index (χ1n) is 7.11. The summed E-state index contributed by atoms with van der Waals surface area (Å²) in [5.74, 6) is -0.430. The van der Waals surface area contributed by atoms with E-state index in [0.29, 0.717) is 12.2 Å². The highest BCUT2D eigenvalue weighted by atomic mass is 79.9. The summed E-state index contributed by atoms with van der Waals surface area (Å²) in [6.07, 6.45) is -0.390. The number of ether oxygens (including phenoxy) is 1. The van der Waals surface area contributed by atoms with Crippen molar-refractivity contribution >= 4 is 43.7 Å². The standard InChI is InChI=1S/C15H16Br2N2O4/c1-19-13(21)12(15(14(19)22)4-3-11(20)18-15)7-5-10(23-2)9(17)6-8(7)16/h5-6,12-13,21H,3-4H2,1-2H3,(H,18,20)/t12-,13+,15+/m0/s1. The molecule has 6 nitrogen and oxygen atoms in total. The van der Waals surface area contributed by atoms with E-state index in [0.717, 1.165) is 14.5 Å². The molecular weight excluding hydrogens is 432 g/mol. The van der Waals surface area contributed by atoms with Gasteiger partial charge in [0.25, 0.3) is 5.91 Å². The molecule has 0 aliphatic carbocycles. The van der Waals surface area contributed by atoms with E-state index in [9.17, 15) is 14.7 Å². The largest absolute Gasteiger partial charge is 0.496 e. The molecule has 1 aromatic carbocycles. The maximum atomic E-state index is 12.7. The van der Waals surface area contributed by atoms with Gasteiger partial charge in [0, 0.05) is 17.9 Å². The number of hydrogen-bond acceptors (Lipinski definition) is 4. The first kappa shape index (κ1) is 16.7. The number of nitrogens with one attached hydrogen (secondary N) is 1. The van der Waals surface area contributed by atoms with Gasteiger partial charge in [0.2, 0.25) is 5.91 Å². The Bertz CT molecular complexity index is 696. The lowest BCUT2D eigenvalue weighted by Crippen LogP contribution is -2.51. The van der Waals surface area contributed by atoms with Gasteiger partial charge in [0.05, 0.1) is 17.5 Å². The van der Waals surface area contributed by atoms with Crippen LogP contribution in [0.4, 0.5) is 0 Å². The molecule has 3 atom stereocenters. The SMILES string of the molecule is COc1cc([C@H]2[C@@H](O)N(C)C(=O)[C@@]23CCC(=O)N3)c(Br)cc1Br. The maximum Gasteiger partial charge on any atom is 0.250 e. The van der Waals surface area contributed by atoms with E-state index in [1.807, 2.05) is 6.07 Å². The lowest BCUT2D eigenvalue weighted by molar-refractivity contribution is -0.136. The number of rotatable bonds is 2. The highest BCUT2D eigenvalue weighted by Crippen LogP contribution is 2.48. The number of nitrogens with zero attached hydrogens (tertiary/aromatic N) is 1. The molecule has 0 saturated carbocycles. The number of likely N-dealkylation sites (tertiary alicyclic amines) is 1. The summed E-state index contributed by atoms with van der Waals surface area (Å²) in [4.78, 5) is 25.8. The minimum atomic E-state index is -1.10. The average Bonchev–Trinajstić information content (AvgIpc) is 2.97. The first-order valence-corrected chi connectivity index (χ1v) is 8.69. The molecule has 0 radical (unpaired) electrons. The third-order valence-electron chi connectivity index (χ3n) is 4.64. The van der Waals surface area contributed by atoms with E-state index >= 15 is 0 Å². The Balaban J connectivity index is 2.17. The lowest BCUT2D eigenvalue weighted by Gasteiger charge is -2.30. The van der Waals surface area contributed by atoms with Gasteiger partial charge in [-0.25, -0.2) is 0 Å². The van der Waals surface area contributed by atoms with E-state index in [1.54, 1.807) is 20.2 Å². The predicted octanol–water partition coefficient (Wildman–Crippen LogP) is 1.74. The van der Waals surface area contributed by atoms with Crippen LogP contribution < -0.4 is 10.1 Å². The number of methoxy groups -OCH3 is 1. The molecule has 1 spiro atoms. The number of likely N-dealkylation sites (N-methyl/N-ethyl adjacent to an activating group) is 1. The fourth-order valence-electron chi connectivity index (χ4n) is 3.49. The minimum absolute atomic E-state index is 0.175. The lowest BCUT2D eigenvalue weighted by atomic mass is 9.79. The zero-order chi connectivity index (χ0) is 16.9. The fraction of sp³-hybridized carbons (Fsp3) is 0.467. The van der Waals surface area contributed by atoms with Gasteiger partial charge in [-0.15, -0.1) is 0 Å². The molecular formula is C15H16Br2N2O4. The maximum absolute atomic E-state index is 12.7. The van der Waals surface area contributed by atoms with Gasteiger partial charge in [-0.3, -0.25) is 9.59 Å². The topological polar surface area (TPSA) is 78.9 Å². The van der Waals surface area contributed by atoms with Crippen LogP contribution in [0, 0.1) is 0 Å². The molecule has 124 valence electrons. The molecule has 2 aliphatic rings. The summed E-state index contributed by atoms with van der Waals surface area (Å²) in [5.41, 5.74) is -0.385. The van der Waals surface area contributed by atoms with Crippen LogP contribution in [0.5, 0.6) is 5.75 Å². The van der Waals surface area contributed by atoms with E-state index in [-0.39, 0.29) is 18.2 Å². The number of carbonyl (C=O) groups is 2. The molecule has 2 amide bonds. The molecule has 8 heteroatoms. The highest BCUT2D eigenvalue weighted by Gasteiger charge is 2.61. The van der Waals surface area contributed by atoms with Gasteiger partial charge < -0.3 is 20.1 Å². The van der Waals surface area contributed by atoms with Crippen LogP contribution in [0.15, 0.2) is 21.1 Å². The Labute approximate surface area is 150 Å². The number of hydrogen-bond donors (Lipinski definition) is 2. The van der Waals surface area contributed by atoms with Crippen molar-refractivity contribution in [2.24, 2.45) is 0 Å². The van der Waals surface area contributed by atoms with Crippen LogP contribution in [0.2, 0.25) is 0 Å². The van der Waals surface area contributed by atoms with E-state index in [4.69, 9.17) is 4.74 Å². The summed E-state index contributed by atoms with van der Waals surface area (Å²) < 4.78 is 6.82. The Morgan fingerprint density at radius 2 is 2.04 bits per heavy atom. The molecule has 23 heavy (non-hydrogen) atoms. The zero-order valence-corrected chi connectivity index (χ0v) is 15.8. The number of amides is 2. The summed E-state index contributed by atoms with van der Waals surface area (Å²) in [7, 11) is 3.09. The van der Waals surface area contributed by atoms with Crippen LogP contribution in [-0.4, -0.2) is 47.7 Å². The van der Waals surface area contributed by atoms with Gasteiger partial charge in [0.15, 0.2) is 0 Å². The number of carbonyl (C=O) groups excluding carboxylic acids is 2. The van der Waals surface area contributed by atoms with Crippen LogP contribution in [0.25, 0.3) is 0 Å². The highest BCUT2D eigenvalue weighted by molar-refractivity contribution is 9.11. The normalized spacial score (nSPS) is 30.2. The van der Waals surface area contributed by atoms with Crippen molar-refractivity contribution in [3.8, 4) is 5.75 Å². The van der Waals surface area contributed by atoms with E-state index in [1.165, 1.54) is 4.90 Å². The van der Waals surface area contributed by atoms with Gasteiger partial charge in [0.1, 0.15) is 17.5 Å². The van der Waals surface area contributed by atoms with Gasteiger partial charge in [-0.1, -0.05) is 15.9 Å². The van der Waals surface area contributed by atoms with Gasteiger partial charge in [-0.05, 0) is 40.0 Å². The summed E-state index contributed by atoms with van der Waals surface area (Å²) in [5, 5.41) is 13.4. The Morgan fingerprint density at radius 1 is 1.35 bits per heavy atom. The number of halogens is 2. The third kappa shape index (κ3) is 2.38. The van der Waals surface area contributed by atoms with E-state index < -0.39 is 17.7 Å². The zero-order valence-electron chi connectivity index (χ0n) is 12.6. The van der Waals surface area contributed by atoms with Crippen LogP contribution in [0.3, 0.4) is 0 Å².